The second kappa shape index (κ2) is 9.14. The molecular weight excluding hydrogens is 408 g/mol. The summed E-state index contributed by atoms with van der Waals surface area (Å²) >= 11 is 1.43. The first-order valence-corrected chi connectivity index (χ1v) is 9.72. The van der Waals surface area contributed by atoms with E-state index in [0.717, 1.165) is 10.7 Å². The Morgan fingerprint density at radius 3 is 2.63 bits per heavy atom. The van der Waals surface area contributed by atoms with Gasteiger partial charge in [-0.15, -0.1) is 11.3 Å². The largest absolute Gasteiger partial charge is 0.480 e. The maximum atomic E-state index is 11.9. The first-order valence-electron chi connectivity index (χ1n) is 8.84. The number of aliphatic carboxylic acids is 1. The molecule has 154 valence electrons. The van der Waals surface area contributed by atoms with Gasteiger partial charge in [0.05, 0.1) is 10.6 Å². The molecule has 0 aliphatic rings. The van der Waals surface area contributed by atoms with E-state index in [1.54, 1.807) is 36.4 Å². The van der Waals surface area contributed by atoms with Crippen LogP contribution in [0.15, 0.2) is 53.9 Å². The van der Waals surface area contributed by atoms with Gasteiger partial charge < -0.3 is 15.3 Å². The topological polar surface area (TPSA) is 126 Å². The number of carboxylic acids is 1. The van der Waals surface area contributed by atoms with Crippen molar-refractivity contribution in [2.24, 2.45) is 0 Å². The number of benzene rings is 2. The zero-order valence-corrected chi connectivity index (χ0v) is 16.8. The molecule has 0 saturated carbocycles. The highest BCUT2D eigenvalue weighted by molar-refractivity contribution is 7.14. The van der Waals surface area contributed by atoms with Gasteiger partial charge >= 0.3 is 5.97 Å². The number of nitro groups is 1. The molecule has 3 rings (SSSR count). The van der Waals surface area contributed by atoms with E-state index in [4.69, 9.17) is 5.11 Å². The van der Waals surface area contributed by atoms with Crippen LogP contribution in [0.1, 0.15) is 15.9 Å². The number of thiazole rings is 1. The monoisotopic (exact) mass is 426 g/mol. The van der Waals surface area contributed by atoms with Crippen molar-refractivity contribution in [1.29, 1.82) is 0 Å². The third-order valence-corrected chi connectivity index (χ3v) is 5.16. The Morgan fingerprint density at radius 1 is 1.23 bits per heavy atom. The van der Waals surface area contributed by atoms with E-state index < -0.39 is 23.3 Å². The molecule has 2 aromatic carbocycles. The zero-order valence-electron chi connectivity index (χ0n) is 15.9. The summed E-state index contributed by atoms with van der Waals surface area (Å²) in [5, 5.41) is 24.5. The van der Waals surface area contributed by atoms with Crippen LogP contribution in [0.2, 0.25) is 0 Å². The summed E-state index contributed by atoms with van der Waals surface area (Å²) in [5.41, 5.74) is 2.68. The molecule has 0 aliphatic heterocycles. The van der Waals surface area contributed by atoms with Crippen LogP contribution in [0, 0.1) is 10.1 Å². The zero-order chi connectivity index (χ0) is 21.7. The molecule has 1 heterocycles. The van der Waals surface area contributed by atoms with Gasteiger partial charge in [0.1, 0.15) is 6.54 Å². The molecule has 0 unspecified atom stereocenters. The van der Waals surface area contributed by atoms with E-state index >= 15 is 0 Å². The fourth-order valence-corrected chi connectivity index (χ4v) is 3.51. The number of amides is 1. The van der Waals surface area contributed by atoms with Gasteiger partial charge in [-0.2, -0.15) is 0 Å². The Hall–Kier alpha value is -3.79. The average Bonchev–Trinajstić information content (AvgIpc) is 3.23. The van der Waals surface area contributed by atoms with Crippen LogP contribution in [0.3, 0.4) is 0 Å². The summed E-state index contributed by atoms with van der Waals surface area (Å²) in [4.78, 5) is 39.4. The van der Waals surface area contributed by atoms with Crippen molar-refractivity contribution in [2.45, 2.75) is 6.54 Å². The van der Waals surface area contributed by atoms with Crippen LogP contribution in [0.4, 0.5) is 10.8 Å². The summed E-state index contributed by atoms with van der Waals surface area (Å²) in [6.45, 7) is 0.110. The number of aromatic nitrogens is 1. The van der Waals surface area contributed by atoms with Gasteiger partial charge in [-0.1, -0.05) is 24.3 Å². The highest BCUT2D eigenvalue weighted by atomic mass is 32.1. The Bertz CT molecular complexity index is 1080. The maximum Gasteiger partial charge on any atom is 0.322 e. The van der Waals surface area contributed by atoms with E-state index in [1.807, 2.05) is 17.3 Å². The van der Waals surface area contributed by atoms with Crippen LogP contribution in [-0.4, -0.2) is 40.5 Å². The van der Waals surface area contributed by atoms with Crippen molar-refractivity contribution >= 4 is 34.0 Å². The molecule has 0 fully saturated rings. The van der Waals surface area contributed by atoms with Crippen LogP contribution in [0.5, 0.6) is 0 Å². The number of non-ortho nitro benzene ring substituents is 1. The summed E-state index contributed by atoms with van der Waals surface area (Å²) in [5.74, 6) is -1.55. The first-order chi connectivity index (χ1) is 14.3. The van der Waals surface area contributed by atoms with E-state index in [0.29, 0.717) is 23.4 Å². The molecule has 0 radical (unpaired) electrons. The molecule has 30 heavy (non-hydrogen) atoms. The molecular formula is C20H18N4O5S. The molecule has 0 bridgehead atoms. The smallest absolute Gasteiger partial charge is 0.322 e. The van der Waals surface area contributed by atoms with Crippen molar-refractivity contribution in [3.05, 3.63) is 75.2 Å². The summed E-state index contributed by atoms with van der Waals surface area (Å²) in [7, 11) is 1.88. The van der Waals surface area contributed by atoms with E-state index in [2.05, 4.69) is 10.3 Å². The Balaban J connectivity index is 1.66. The SMILES string of the molecule is CN(Cc1ccc(C(=O)NCC(=O)O)cc1)c1nc(-c2cccc([N+](=O)[O-])c2)cs1. The third kappa shape index (κ3) is 5.17. The van der Waals surface area contributed by atoms with Crippen LogP contribution < -0.4 is 10.2 Å². The van der Waals surface area contributed by atoms with Gasteiger partial charge in [-0.3, -0.25) is 19.7 Å². The fraction of sp³-hybridized carbons (Fsp3) is 0.150. The van der Waals surface area contributed by atoms with Crippen molar-refractivity contribution < 1.29 is 19.6 Å². The molecule has 1 aromatic heterocycles. The summed E-state index contributed by atoms with van der Waals surface area (Å²) < 4.78 is 0. The third-order valence-electron chi connectivity index (χ3n) is 4.21. The average molecular weight is 426 g/mol. The molecule has 10 heteroatoms. The van der Waals surface area contributed by atoms with Gasteiger partial charge in [-0.25, -0.2) is 4.98 Å². The lowest BCUT2D eigenvalue weighted by Gasteiger charge is -2.16. The van der Waals surface area contributed by atoms with E-state index in [9.17, 15) is 19.7 Å². The van der Waals surface area contributed by atoms with Crippen LogP contribution in [0.25, 0.3) is 11.3 Å². The number of carbonyl (C=O) groups is 2. The highest BCUT2D eigenvalue weighted by Gasteiger charge is 2.13. The van der Waals surface area contributed by atoms with E-state index in [1.165, 1.54) is 23.5 Å². The number of carboxylic acid groups (broad SMARTS) is 1. The van der Waals surface area contributed by atoms with Gasteiger partial charge in [0.2, 0.25) is 0 Å². The second-order valence-corrected chi connectivity index (χ2v) is 7.29. The molecule has 1 amide bonds. The minimum Gasteiger partial charge on any atom is -0.480 e. The molecule has 3 aromatic rings. The molecule has 0 spiro atoms. The Morgan fingerprint density at radius 2 is 1.97 bits per heavy atom. The predicted octanol–water partition coefficient (Wildman–Crippen LogP) is 3.17. The number of hydrogen-bond donors (Lipinski definition) is 2. The van der Waals surface area contributed by atoms with E-state index in [-0.39, 0.29) is 5.69 Å². The lowest BCUT2D eigenvalue weighted by atomic mass is 10.1. The maximum absolute atomic E-state index is 11.9. The number of anilines is 1. The minimum absolute atomic E-state index is 0.0166. The summed E-state index contributed by atoms with van der Waals surface area (Å²) in [6.07, 6.45) is 0. The van der Waals surface area contributed by atoms with Gasteiger partial charge in [0.25, 0.3) is 11.6 Å². The fourth-order valence-electron chi connectivity index (χ4n) is 2.71. The number of carbonyl (C=O) groups excluding carboxylic acids is 1. The van der Waals surface area contributed by atoms with Gasteiger partial charge in [-0.05, 0) is 17.7 Å². The number of nitrogens with zero attached hydrogens (tertiary/aromatic N) is 3. The second-order valence-electron chi connectivity index (χ2n) is 6.45. The Kier molecular flexibility index (Phi) is 6.38. The predicted molar refractivity (Wildman–Crippen MR) is 113 cm³/mol. The first kappa shape index (κ1) is 20.9. The lowest BCUT2D eigenvalue weighted by molar-refractivity contribution is -0.384. The summed E-state index contributed by atoms with van der Waals surface area (Å²) in [6, 6.07) is 13.2. The van der Waals surface area contributed by atoms with Crippen molar-refractivity contribution in [3.63, 3.8) is 0 Å². The highest BCUT2D eigenvalue weighted by Crippen LogP contribution is 2.29. The van der Waals surface area contributed by atoms with Crippen molar-refractivity contribution in [3.8, 4) is 11.3 Å². The van der Waals surface area contributed by atoms with Crippen molar-refractivity contribution in [2.75, 3.05) is 18.5 Å². The quantitative estimate of drug-likeness (QED) is 0.418. The van der Waals surface area contributed by atoms with Gasteiger partial charge in [0, 0.05) is 42.2 Å². The molecule has 0 saturated heterocycles. The number of hydrogen-bond acceptors (Lipinski definition) is 7. The lowest BCUT2D eigenvalue weighted by Crippen LogP contribution is -2.29. The molecule has 9 nitrogen and oxygen atoms in total. The van der Waals surface area contributed by atoms with Crippen molar-refractivity contribution in [1.82, 2.24) is 10.3 Å². The molecule has 0 aliphatic carbocycles. The molecule has 0 atom stereocenters. The standard InChI is InChI=1S/C20H18N4O5S/c1-23(11-13-5-7-14(8-6-13)19(27)21-10-18(25)26)20-22-17(12-30-20)15-3-2-4-16(9-15)24(28)29/h2-9,12H,10-11H2,1H3,(H,21,27)(H,25,26). The Labute approximate surface area is 175 Å². The van der Waals surface area contributed by atoms with Crippen LogP contribution >= 0.6 is 11.3 Å². The van der Waals surface area contributed by atoms with Crippen LogP contribution in [-0.2, 0) is 11.3 Å². The number of rotatable bonds is 8. The molecule has 2 N–H and O–H groups in total. The van der Waals surface area contributed by atoms with Gasteiger partial charge in [0.15, 0.2) is 5.13 Å². The number of nitrogens with one attached hydrogen (secondary N) is 1. The minimum atomic E-state index is -1.10. The normalized spacial score (nSPS) is 10.4. The number of nitro benzene ring substituents is 1.